The van der Waals surface area contributed by atoms with Gasteiger partial charge in [0.1, 0.15) is 0 Å². The van der Waals surface area contributed by atoms with Crippen molar-refractivity contribution in [3.63, 3.8) is 0 Å². The lowest BCUT2D eigenvalue weighted by Crippen LogP contribution is -2.27. The SMILES string of the molecule is OC1CCCC1CNCc1cccc2cnccc12. The van der Waals surface area contributed by atoms with Gasteiger partial charge in [0, 0.05) is 30.9 Å². The van der Waals surface area contributed by atoms with Gasteiger partial charge in [-0.15, -0.1) is 0 Å². The summed E-state index contributed by atoms with van der Waals surface area (Å²) in [6, 6.07) is 8.38. The van der Waals surface area contributed by atoms with Crippen LogP contribution < -0.4 is 5.32 Å². The van der Waals surface area contributed by atoms with Crippen LogP contribution in [0.15, 0.2) is 36.7 Å². The average molecular weight is 256 g/mol. The number of aliphatic hydroxyl groups is 1. The average Bonchev–Trinajstić information content (AvgIpc) is 2.85. The van der Waals surface area contributed by atoms with Gasteiger partial charge >= 0.3 is 0 Å². The number of nitrogens with one attached hydrogen (secondary N) is 1. The van der Waals surface area contributed by atoms with Gasteiger partial charge in [0.05, 0.1) is 6.10 Å². The van der Waals surface area contributed by atoms with E-state index >= 15 is 0 Å². The molecule has 0 saturated heterocycles. The number of nitrogens with zero attached hydrogens (tertiary/aromatic N) is 1. The van der Waals surface area contributed by atoms with Crippen molar-refractivity contribution in [3.05, 3.63) is 42.2 Å². The van der Waals surface area contributed by atoms with Crippen LogP contribution in [0.25, 0.3) is 10.8 Å². The molecule has 1 aliphatic carbocycles. The molecule has 2 N–H and O–H groups in total. The predicted molar refractivity (Wildman–Crippen MR) is 76.8 cm³/mol. The highest BCUT2D eigenvalue weighted by Gasteiger charge is 2.24. The Morgan fingerprint density at radius 2 is 2.21 bits per heavy atom. The zero-order valence-electron chi connectivity index (χ0n) is 11.0. The van der Waals surface area contributed by atoms with Crippen LogP contribution in [0.2, 0.25) is 0 Å². The summed E-state index contributed by atoms with van der Waals surface area (Å²) in [5.74, 6) is 0.427. The van der Waals surface area contributed by atoms with Gasteiger partial charge in [-0.1, -0.05) is 24.6 Å². The molecule has 0 amide bonds. The second-order valence-electron chi connectivity index (χ2n) is 5.40. The van der Waals surface area contributed by atoms with Gasteiger partial charge in [-0.05, 0) is 35.8 Å². The van der Waals surface area contributed by atoms with E-state index in [0.717, 1.165) is 32.4 Å². The summed E-state index contributed by atoms with van der Waals surface area (Å²) in [7, 11) is 0. The maximum Gasteiger partial charge on any atom is 0.0580 e. The van der Waals surface area contributed by atoms with Crippen molar-refractivity contribution in [1.29, 1.82) is 0 Å². The van der Waals surface area contributed by atoms with E-state index in [1.165, 1.54) is 16.3 Å². The first-order valence-corrected chi connectivity index (χ1v) is 7.05. The fourth-order valence-electron chi connectivity index (χ4n) is 2.99. The molecular weight excluding hydrogens is 236 g/mol. The first kappa shape index (κ1) is 12.6. The first-order chi connectivity index (χ1) is 9.34. The molecule has 1 saturated carbocycles. The van der Waals surface area contributed by atoms with Gasteiger partial charge in [0.2, 0.25) is 0 Å². The van der Waals surface area contributed by atoms with E-state index < -0.39 is 0 Å². The minimum absolute atomic E-state index is 0.107. The Labute approximate surface area is 113 Å². The number of hydrogen-bond acceptors (Lipinski definition) is 3. The lowest BCUT2D eigenvalue weighted by molar-refractivity contribution is 0.131. The van der Waals surface area contributed by atoms with Crippen molar-refractivity contribution in [1.82, 2.24) is 10.3 Å². The molecule has 1 fully saturated rings. The lowest BCUT2D eigenvalue weighted by Gasteiger charge is -2.15. The molecule has 2 atom stereocenters. The van der Waals surface area contributed by atoms with Gasteiger partial charge in [-0.25, -0.2) is 0 Å². The molecule has 1 aromatic carbocycles. The Bertz CT molecular complexity index is 550. The van der Waals surface area contributed by atoms with Crippen molar-refractivity contribution in [3.8, 4) is 0 Å². The molecule has 1 aliphatic rings. The van der Waals surface area contributed by atoms with Crippen molar-refractivity contribution >= 4 is 10.8 Å². The van der Waals surface area contributed by atoms with Crippen LogP contribution in [0, 0.1) is 5.92 Å². The van der Waals surface area contributed by atoms with Crippen LogP contribution in [0.3, 0.4) is 0 Å². The van der Waals surface area contributed by atoms with Crippen LogP contribution in [0.4, 0.5) is 0 Å². The number of fused-ring (bicyclic) bond motifs is 1. The normalized spacial score (nSPS) is 23.0. The smallest absolute Gasteiger partial charge is 0.0580 e. The van der Waals surface area contributed by atoms with Crippen LogP contribution in [-0.4, -0.2) is 22.7 Å². The van der Waals surface area contributed by atoms with E-state index in [1.54, 1.807) is 0 Å². The zero-order chi connectivity index (χ0) is 13.1. The largest absolute Gasteiger partial charge is 0.393 e. The van der Waals surface area contributed by atoms with Crippen molar-refractivity contribution < 1.29 is 5.11 Å². The number of aliphatic hydroxyl groups excluding tert-OH is 1. The minimum Gasteiger partial charge on any atom is -0.393 e. The van der Waals surface area contributed by atoms with E-state index in [4.69, 9.17) is 0 Å². The van der Waals surface area contributed by atoms with Gasteiger partial charge in [-0.3, -0.25) is 4.98 Å². The number of aromatic nitrogens is 1. The fraction of sp³-hybridized carbons (Fsp3) is 0.438. The number of benzene rings is 1. The molecule has 0 bridgehead atoms. The Morgan fingerprint density at radius 1 is 1.26 bits per heavy atom. The van der Waals surface area contributed by atoms with Gasteiger partial charge < -0.3 is 10.4 Å². The Kier molecular flexibility index (Phi) is 3.76. The summed E-state index contributed by atoms with van der Waals surface area (Å²) in [6.07, 6.45) is 6.91. The number of pyridine rings is 1. The Morgan fingerprint density at radius 3 is 3.05 bits per heavy atom. The highest BCUT2D eigenvalue weighted by molar-refractivity contribution is 5.84. The van der Waals surface area contributed by atoms with Crippen LogP contribution in [0.1, 0.15) is 24.8 Å². The molecule has 0 aliphatic heterocycles. The zero-order valence-corrected chi connectivity index (χ0v) is 11.0. The molecule has 1 aromatic heterocycles. The van der Waals surface area contributed by atoms with Crippen LogP contribution in [0.5, 0.6) is 0 Å². The monoisotopic (exact) mass is 256 g/mol. The summed E-state index contributed by atoms with van der Waals surface area (Å²) in [5.41, 5.74) is 1.30. The third-order valence-corrected chi connectivity index (χ3v) is 4.11. The lowest BCUT2D eigenvalue weighted by atomic mass is 10.0. The highest BCUT2D eigenvalue weighted by atomic mass is 16.3. The second kappa shape index (κ2) is 5.68. The molecule has 1 heterocycles. The molecule has 3 heteroatoms. The Hall–Kier alpha value is -1.45. The fourth-order valence-corrected chi connectivity index (χ4v) is 2.99. The maximum absolute atomic E-state index is 9.81. The van der Waals surface area contributed by atoms with Crippen LogP contribution in [-0.2, 0) is 6.54 Å². The van der Waals surface area contributed by atoms with E-state index in [1.807, 2.05) is 12.4 Å². The van der Waals surface area contributed by atoms with Gasteiger partial charge in [-0.2, -0.15) is 0 Å². The molecule has 2 unspecified atom stereocenters. The third-order valence-electron chi connectivity index (χ3n) is 4.11. The minimum atomic E-state index is -0.107. The standard InChI is InChI=1S/C16H20N2O/c19-16-6-2-5-14(16)11-18-10-13-4-1-3-12-9-17-8-7-15(12)13/h1,3-4,7-9,14,16,18-19H,2,5-6,10-11H2. The topological polar surface area (TPSA) is 45.1 Å². The van der Waals surface area contributed by atoms with Gasteiger partial charge in [0.25, 0.3) is 0 Å². The predicted octanol–water partition coefficient (Wildman–Crippen LogP) is 2.49. The van der Waals surface area contributed by atoms with E-state index in [0.29, 0.717) is 5.92 Å². The number of rotatable bonds is 4. The summed E-state index contributed by atoms with van der Waals surface area (Å²) in [5, 5.41) is 15.7. The van der Waals surface area contributed by atoms with Crippen molar-refractivity contribution in [2.45, 2.75) is 31.9 Å². The molecule has 19 heavy (non-hydrogen) atoms. The highest BCUT2D eigenvalue weighted by Crippen LogP contribution is 2.25. The maximum atomic E-state index is 9.81. The van der Waals surface area contributed by atoms with Crippen molar-refractivity contribution in [2.24, 2.45) is 5.92 Å². The molecule has 3 rings (SSSR count). The third kappa shape index (κ3) is 2.77. The quantitative estimate of drug-likeness (QED) is 0.883. The summed E-state index contributed by atoms with van der Waals surface area (Å²) < 4.78 is 0. The second-order valence-corrected chi connectivity index (χ2v) is 5.40. The molecule has 2 aromatic rings. The van der Waals surface area contributed by atoms with Crippen LogP contribution >= 0.6 is 0 Å². The summed E-state index contributed by atoms with van der Waals surface area (Å²) in [6.45, 7) is 1.76. The van der Waals surface area contributed by atoms with E-state index in [-0.39, 0.29) is 6.10 Å². The van der Waals surface area contributed by atoms with E-state index in [2.05, 4.69) is 34.6 Å². The molecule has 100 valence electrons. The first-order valence-electron chi connectivity index (χ1n) is 7.05. The number of hydrogen-bond donors (Lipinski definition) is 2. The van der Waals surface area contributed by atoms with E-state index in [9.17, 15) is 5.11 Å². The molecule has 0 spiro atoms. The molecule has 3 nitrogen and oxygen atoms in total. The Balaban J connectivity index is 1.65. The summed E-state index contributed by atoms with van der Waals surface area (Å²) >= 11 is 0. The molecular formula is C16H20N2O. The van der Waals surface area contributed by atoms with Crippen molar-refractivity contribution in [2.75, 3.05) is 6.54 Å². The van der Waals surface area contributed by atoms with Gasteiger partial charge in [0.15, 0.2) is 0 Å². The molecule has 0 radical (unpaired) electrons. The summed E-state index contributed by atoms with van der Waals surface area (Å²) in [4.78, 5) is 4.15.